The van der Waals surface area contributed by atoms with Crippen LogP contribution in [0.1, 0.15) is 12.8 Å². The zero-order valence-corrected chi connectivity index (χ0v) is 15.4. The average molecular weight is 378 g/mol. The molecule has 1 saturated heterocycles. The molecule has 1 aliphatic heterocycles. The highest BCUT2D eigenvalue weighted by molar-refractivity contribution is 5.88. The van der Waals surface area contributed by atoms with E-state index in [9.17, 15) is 14.7 Å². The molecule has 7 heteroatoms. The lowest BCUT2D eigenvalue weighted by molar-refractivity contribution is -0.149. The van der Waals surface area contributed by atoms with Crippen molar-refractivity contribution < 1.29 is 34.0 Å². The van der Waals surface area contributed by atoms with Crippen LogP contribution in [0.3, 0.4) is 0 Å². The number of fused-ring (bicyclic) bond motifs is 3. The number of methoxy groups -OCH3 is 1. The van der Waals surface area contributed by atoms with Crippen molar-refractivity contribution in [1.29, 1.82) is 0 Å². The molecule has 2 N–H and O–H groups in total. The molecule has 0 radical (unpaired) electrons. The highest BCUT2D eigenvalue weighted by Gasteiger charge is 2.59. The third kappa shape index (κ3) is 3.35. The van der Waals surface area contributed by atoms with Gasteiger partial charge in [0.05, 0.1) is 30.8 Å². The summed E-state index contributed by atoms with van der Waals surface area (Å²) in [5, 5.41) is 19.4. The quantitative estimate of drug-likeness (QED) is 0.414. The highest BCUT2D eigenvalue weighted by Crippen LogP contribution is 2.53. The molecule has 2 saturated carbocycles. The first-order valence-corrected chi connectivity index (χ1v) is 9.03. The van der Waals surface area contributed by atoms with E-state index in [2.05, 4.69) is 19.7 Å². The van der Waals surface area contributed by atoms with E-state index < -0.39 is 48.7 Å². The second-order valence-electron chi connectivity index (χ2n) is 7.57. The molecule has 0 aromatic heterocycles. The monoisotopic (exact) mass is 378 g/mol. The van der Waals surface area contributed by atoms with Crippen LogP contribution in [0.5, 0.6) is 0 Å². The first kappa shape index (κ1) is 19.8. The fourth-order valence-corrected chi connectivity index (χ4v) is 4.66. The van der Waals surface area contributed by atoms with Gasteiger partial charge in [0.25, 0.3) is 0 Å². The number of ether oxygens (including phenoxy) is 3. The van der Waals surface area contributed by atoms with Crippen molar-refractivity contribution in [2.75, 3.05) is 20.3 Å². The van der Waals surface area contributed by atoms with Gasteiger partial charge in [-0.2, -0.15) is 0 Å². The van der Waals surface area contributed by atoms with Crippen molar-refractivity contribution in [1.82, 2.24) is 0 Å². The van der Waals surface area contributed by atoms with E-state index in [4.69, 9.17) is 19.3 Å². The van der Waals surface area contributed by atoms with Crippen molar-refractivity contribution in [3.05, 3.63) is 36.5 Å². The minimum absolute atomic E-state index is 0.0602. The van der Waals surface area contributed by atoms with E-state index in [0.717, 1.165) is 5.57 Å². The number of hydrogen-bond acceptors (Lipinski definition) is 7. The van der Waals surface area contributed by atoms with Gasteiger partial charge in [-0.15, -0.1) is 0 Å². The molecule has 0 aromatic carbocycles. The van der Waals surface area contributed by atoms with E-state index in [1.54, 1.807) is 0 Å². The van der Waals surface area contributed by atoms with E-state index in [1.807, 2.05) is 0 Å². The van der Waals surface area contributed by atoms with Crippen LogP contribution in [0.25, 0.3) is 0 Å². The molecule has 3 aliphatic rings. The summed E-state index contributed by atoms with van der Waals surface area (Å²) in [4.78, 5) is 24.7. The summed E-state index contributed by atoms with van der Waals surface area (Å²) < 4.78 is 16.5. The Morgan fingerprint density at radius 1 is 1.37 bits per heavy atom. The predicted octanol–water partition coefficient (Wildman–Crippen LogP) is 0.764. The number of carbonyl (C=O) groups is 2. The maximum Gasteiger partial charge on any atom is 0.336 e. The van der Waals surface area contributed by atoms with Crippen LogP contribution in [0.15, 0.2) is 36.5 Å². The minimum Gasteiger partial charge on any atom is -0.461 e. The predicted molar refractivity (Wildman–Crippen MR) is 95.3 cm³/mol. The Morgan fingerprint density at radius 2 is 2.07 bits per heavy atom. The van der Waals surface area contributed by atoms with Crippen LogP contribution in [0.2, 0.25) is 0 Å². The van der Waals surface area contributed by atoms with Gasteiger partial charge >= 0.3 is 11.9 Å². The Kier molecular flexibility index (Phi) is 5.55. The van der Waals surface area contributed by atoms with Gasteiger partial charge in [0.2, 0.25) is 0 Å². The molecule has 7 unspecified atom stereocenters. The fourth-order valence-electron chi connectivity index (χ4n) is 4.66. The van der Waals surface area contributed by atoms with Gasteiger partial charge in [-0.1, -0.05) is 25.3 Å². The molecule has 148 valence electrons. The Bertz CT molecular complexity index is 682. The number of aliphatic hydroxyl groups is 2. The van der Waals surface area contributed by atoms with Gasteiger partial charge in [0, 0.05) is 25.4 Å². The molecule has 7 nitrogen and oxygen atoms in total. The van der Waals surface area contributed by atoms with Crippen molar-refractivity contribution in [3.63, 3.8) is 0 Å². The molecule has 0 aromatic rings. The zero-order valence-electron chi connectivity index (χ0n) is 15.4. The van der Waals surface area contributed by atoms with Gasteiger partial charge in [-0.3, -0.25) is 4.79 Å². The van der Waals surface area contributed by atoms with Crippen molar-refractivity contribution in [2.24, 2.45) is 23.7 Å². The van der Waals surface area contributed by atoms with Gasteiger partial charge in [0.15, 0.2) is 0 Å². The fraction of sp³-hybridized carbons (Fsp3) is 0.600. The molecule has 27 heavy (non-hydrogen) atoms. The maximum absolute atomic E-state index is 12.5. The van der Waals surface area contributed by atoms with Crippen molar-refractivity contribution >= 4 is 11.9 Å². The SMILES string of the molecule is C=C(CO)C(=O)OC1CC(=C)C2CC(O)C(=C)C2C2OC(=O)C(COC)C12. The number of esters is 2. The normalized spacial score (nSPS) is 38.0. The summed E-state index contributed by atoms with van der Waals surface area (Å²) in [5.74, 6) is -2.55. The average Bonchev–Trinajstić information content (AvgIpc) is 3.07. The third-order valence-electron chi connectivity index (χ3n) is 6.02. The smallest absolute Gasteiger partial charge is 0.336 e. The van der Waals surface area contributed by atoms with Gasteiger partial charge in [0.1, 0.15) is 12.2 Å². The van der Waals surface area contributed by atoms with E-state index >= 15 is 0 Å². The Hall–Kier alpha value is -1.96. The van der Waals surface area contributed by atoms with Crippen LogP contribution in [0, 0.1) is 23.7 Å². The lowest BCUT2D eigenvalue weighted by Gasteiger charge is -2.30. The van der Waals surface area contributed by atoms with Crippen molar-refractivity contribution in [2.45, 2.75) is 31.2 Å². The topological polar surface area (TPSA) is 102 Å². The third-order valence-corrected chi connectivity index (χ3v) is 6.02. The summed E-state index contributed by atoms with van der Waals surface area (Å²) in [7, 11) is 1.49. The van der Waals surface area contributed by atoms with Gasteiger partial charge in [-0.05, 0) is 17.9 Å². The molecule has 0 bridgehead atoms. The molecule has 3 fully saturated rings. The van der Waals surface area contributed by atoms with E-state index in [1.165, 1.54) is 7.11 Å². The Balaban J connectivity index is 1.98. The van der Waals surface area contributed by atoms with Crippen LogP contribution in [-0.2, 0) is 23.8 Å². The zero-order chi connectivity index (χ0) is 19.9. The number of aliphatic hydroxyl groups excluding tert-OH is 2. The first-order chi connectivity index (χ1) is 12.8. The largest absolute Gasteiger partial charge is 0.461 e. The first-order valence-electron chi connectivity index (χ1n) is 9.03. The second-order valence-corrected chi connectivity index (χ2v) is 7.57. The summed E-state index contributed by atoms with van der Waals surface area (Å²) in [5.41, 5.74) is 1.38. The van der Waals surface area contributed by atoms with Crippen LogP contribution < -0.4 is 0 Å². The molecule has 7 atom stereocenters. The molecule has 2 aliphatic carbocycles. The standard InChI is InChI=1S/C20H26O7/c1-9-5-15(26-19(23)10(2)7-21)17-13(8-25-4)20(24)27-18(17)16-11(3)14(22)6-12(9)16/h12-18,21-22H,1-3,5-8H2,4H3. The van der Waals surface area contributed by atoms with Crippen LogP contribution in [-0.4, -0.2) is 60.8 Å². The summed E-state index contributed by atoms with van der Waals surface area (Å²) in [6.07, 6.45) is -1.12. The summed E-state index contributed by atoms with van der Waals surface area (Å²) in [6, 6.07) is 0. The van der Waals surface area contributed by atoms with Gasteiger partial charge in [-0.25, -0.2) is 4.79 Å². The number of hydrogen-bond donors (Lipinski definition) is 2. The maximum atomic E-state index is 12.5. The Labute approximate surface area is 158 Å². The summed E-state index contributed by atoms with van der Waals surface area (Å²) in [6.45, 7) is 11.3. The van der Waals surface area contributed by atoms with E-state index in [0.29, 0.717) is 18.4 Å². The molecule has 0 spiro atoms. The van der Waals surface area contributed by atoms with Crippen molar-refractivity contribution in [3.8, 4) is 0 Å². The molecular weight excluding hydrogens is 352 g/mol. The molecule has 0 amide bonds. The van der Waals surface area contributed by atoms with Crippen LogP contribution >= 0.6 is 0 Å². The minimum atomic E-state index is -0.713. The number of rotatable bonds is 5. The molecule has 3 rings (SSSR count). The van der Waals surface area contributed by atoms with E-state index in [-0.39, 0.29) is 24.0 Å². The number of carbonyl (C=O) groups excluding carboxylic acids is 2. The lowest BCUT2D eigenvalue weighted by Crippen LogP contribution is -2.40. The van der Waals surface area contributed by atoms with Crippen LogP contribution in [0.4, 0.5) is 0 Å². The van der Waals surface area contributed by atoms with Gasteiger partial charge < -0.3 is 24.4 Å². The second kappa shape index (κ2) is 7.58. The summed E-state index contributed by atoms with van der Waals surface area (Å²) >= 11 is 0. The molecule has 1 heterocycles. The highest BCUT2D eigenvalue weighted by atomic mass is 16.6. The molecular formula is C20H26O7. The Morgan fingerprint density at radius 3 is 2.70 bits per heavy atom. The lowest BCUT2D eigenvalue weighted by atomic mass is 9.79.